The van der Waals surface area contributed by atoms with Gasteiger partial charge in [0.05, 0.1) is 5.69 Å². The fourth-order valence-electron chi connectivity index (χ4n) is 1.82. The van der Waals surface area contributed by atoms with Crippen molar-refractivity contribution in [3.8, 4) is 6.07 Å². The lowest BCUT2D eigenvalue weighted by Crippen LogP contribution is -2.13. The Kier molecular flexibility index (Phi) is 3.81. The lowest BCUT2D eigenvalue weighted by Gasteiger charge is -2.09. The zero-order chi connectivity index (χ0) is 14.7. The van der Waals surface area contributed by atoms with Crippen LogP contribution in [0.15, 0.2) is 36.4 Å². The first-order chi connectivity index (χ1) is 9.52. The van der Waals surface area contributed by atoms with Gasteiger partial charge in [0.2, 0.25) is 0 Å². The van der Waals surface area contributed by atoms with Crippen molar-refractivity contribution in [1.29, 1.82) is 5.26 Å². The molecule has 0 heterocycles. The van der Waals surface area contributed by atoms with Crippen molar-refractivity contribution < 1.29 is 9.18 Å². The number of benzene rings is 2. The number of halogens is 1. The minimum absolute atomic E-state index is 0.162. The molecule has 2 rings (SSSR count). The molecule has 0 spiro atoms. The topological polar surface area (TPSA) is 52.9 Å². The van der Waals surface area contributed by atoms with E-state index in [-0.39, 0.29) is 17.2 Å². The average molecular weight is 268 g/mol. The van der Waals surface area contributed by atoms with Crippen LogP contribution in [0.5, 0.6) is 0 Å². The molecule has 1 amide bonds. The highest BCUT2D eigenvalue weighted by Crippen LogP contribution is 2.19. The Balaban J connectivity index is 2.31. The number of nitrogens with one attached hydrogen (secondary N) is 1. The third kappa shape index (κ3) is 2.67. The van der Waals surface area contributed by atoms with E-state index in [1.54, 1.807) is 18.2 Å². The van der Waals surface area contributed by atoms with E-state index in [0.29, 0.717) is 5.56 Å². The number of carbonyl (C=O) groups excluding carboxylic acids is 1. The van der Waals surface area contributed by atoms with E-state index in [9.17, 15) is 9.18 Å². The summed E-state index contributed by atoms with van der Waals surface area (Å²) >= 11 is 0. The normalized spacial score (nSPS) is 9.90. The van der Waals surface area contributed by atoms with E-state index < -0.39 is 5.82 Å². The molecule has 4 heteroatoms. The maximum absolute atomic E-state index is 13.4. The maximum atomic E-state index is 13.4. The predicted molar refractivity (Wildman–Crippen MR) is 75.0 cm³/mol. The van der Waals surface area contributed by atoms with E-state index in [1.165, 1.54) is 18.2 Å². The van der Waals surface area contributed by atoms with E-state index in [2.05, 4.69) is 5.32 Å². The first kappa shape index (κ1) is 13.8. The van der Waals surface area contributed by atoms with Crippen LogP contribution >= 0.6 is 0 Å². The van der Waals surface area contributed by atoms with Crippen molar-refractivity contribution in [2.75, 3.05) is 5.32 Å². The molecule has 20 heavy (non-hydrogen) atoms. The van der Waals surface area contributed by atoms with Gasteiger partial charge in [-0.15, -0.1) is 0 Å². The molecule has 0 aliphatic rings. The van der Waals surface area contributed by atoms with Crippen molar-refractivity contribution in [3.05, 3.63) is 64.5 Å². The molecule has 0 saturated carbocycles. The SMILES string of the molecule is Cc1ccc(C(=O)Nc2cccc(F)c2C#N)cc1C. The lowest BCUT2D eigenvalue weighted by atomic mass is 10.1. The van der Waals surface area contributed by atoms with Crippen LogP contribution in [0.3, 0.4) is 0 Å². The molecule has 0 aliphatic heterocycles. The van der Waals surface area contributed by atoms with Gasteiger partial charge in [0.25, 0.3) is 5.91 Å². The Hall–Kier alpha value is -2.67. The quantitative estimate of drug-likeness (QED) is 0.905. The van der Waals surface area contributed by atoms with Crippen LogP contribution in [0.2, 0.25) is 0 Å². The van der Waals surface area contributed by atoms with Crippen LogP contribution < -0.4 is 5.32 Å². The summed E-state index contributed by atoms with van der Waals surface area (Å²) in [4.78, 5) is 12.1. The van der Waals surface area contributed by atoms with Gasteiger partial charge in [-0.2, -0.15) is 5.26 Å². The number of carbonyl (C=O) groups is 1. The number of nitriles is 1. The smallest absolute Gasteiger partial charge is 0.255 e. The summed E-state index contributed by atoms with van der Waals surface area (Å²) in [5.74, 6) is -1.01. The molecule has 100 valence electrons. The average Bonchev–Trinajstić information content (AvgIpc) is 2.42. The van der Waals surface area contributed by atoms with Gasteiger partial charge in [0.1, 0.15) is 17.4 Å². The highest BCUT2D eigenvalue weighted by atomic mass is 19.1. The fraction of sp³-hybridized carbons (Fsp3) is 0.125. The summed E-state index contributed by atoms with van der Waals surface area (Å²) in [6.45, 7) is 3.87. The Morgan fingerprint density at radius 1 is 1.20 bits per heavy atom. The summed E-state index contributed by atoms with van der Waals surface area (Å²) in [5, 5.41) is 11.5. The molecule has 2 aromatic carbocycles. The Morgan fingerprint density at radius 3 is 2.60 bits per heavy atom. The fourth-order valence-corrected chi connectivity index (χ4v) is 1.82. The molecule has 0 atom stereocenters. The summed E-state index contributed by atoms with van der Waals surface area (Å²) < 4.78 is 13.4. The van der Waals surface area contributed by atoms with Crippen LogP contribution in [0.25, 0.3) is 0 Å². The van der Waals surface area contributed by atoms with Crippen molar-refractivity contribution in [3.63, 3.8) is 0 Å². The van der Waals surface area contributed by atoms with E-state index in [4.69, 9.17) is 5.26 Å². The van der Waals surface area contributed by atoms with Gasteiger partial charge >= 0.3 is 0 Å². The maximum Gasteiger partial charge on any atom is 0.255 e. The highest BCUT2D eigenvalue weighted by Gasteiger charge is 2.12. The molecule has 0 fully saturated rings. The van der Waals surface area contributed by atoms with Gasteiger partial charge in [-0.25, -0.2) is 4.39 Å². The summed E-state index contributed by atoms with van der Waals surface area (Å²) in [6, 6.07) is 11.2. The van der Waals surface area contributed by atoms with Gasteiger partial charge < -0.3 is 5.32 Å². The van der Waals surface area contributed by atoms with E-state index in [0.717, 1.165) is 11.1 Å². The molecule has 0 saturated heterocycles. The van der Waals surface area contributed by atoms with Crippen LogP contribution in [0.4, 0.5) is 10.1 Å². The van der Waals surface area contributed by atoms with Gasteiger partial charge in [0, 0.05) is 5.56 Å². The highest BCUT2D eigenvalue weighted by molar-refractivity contribution is 6.05. The third-order valence-corrected chi connectivity index (χ3v) is 3.14. The monoisotopic (exact) mass is 268 g/mol. The zero-order valence-electron chi connectivity index (χ0n) is 11.2. The number of aryl methyl sites for hydroxylation is 2. The van der Waals surface area contributed by atoms with Gasteiger partial charge in [-0.1, -0.05) is 12.1 Å². The first-order valence-corrected chi connectivity index (χ1v) is 6.10. The van der Waals surface area contributed by atoms with Crippen LogP contribution in [0.1, 0.15) is 27.0 Å². The Labute approximate surface area is 116 Å². The van der Waals surface area contributed by atoms with E-state index >= 15 is 0 Å². The molecular weight excluding hydrogens is 255 g/mol. The Bertz CT molecular complexity index is 717. The molecule has 0 aliphatic carbocycles. The van der Waals surface area contributed by atoms with Crippen molar-refractivity contribution >= 4 is 11.6 Å². The molecule has 1 N–H and O–H groups in total. The molecule has 2 aromatic rings. The molecular formula is C16H13FN2O. The number of rotatable bonds is 2. The van der Waals surface area contributed by atoms with E-state index in [1.807, 2.05) is 19.9 Å². The predicted octanol–water partition coefficient (Wildman–Crippen LogP) is 3.57. The minimum Gasteiger partial charge on any atom is -0.321 e. The van der Waals surface area contributed by atoms with Crippen molar-refractivity contribution in [2.45, 2.75) is 13.8 Å². The molecule has 0 radical (unpaired) electrons. The number of amides is 1. The summed E-state index contributed by atoms with van der Waals surface area (Å²) in [6.07, 6.45) is 0. The second-order valence-electron chi connectivity index (χ2n) is 4.53. The Morgan fingerprint density at radius 2 is 1.95 bits per heavy atom. The standard InChI is InChI=1S/C16H13FN2O/c1-10-6-7-12(8-11(10)2)16(20)19-15-5-3-4-14(17)13(15)9-18/h3-8H,1-2H3,(H,19,20). The van der Waals surface area contributed by atoms with Gasteiger partial charge in [-0.05, 0) is 49.2 Å². The van der Waals surface area contributed by atoms with Crippen molar-refractivity contribution in [2.24, 2.45) is 0 Å². The lowest BCUT2D eigenvalue weighted by molar-refractivity contribution is 0.102. The summed E-state index contributed by atoms with van der Waals surface area (Å²) in [7, 11) is 0. The van der Waals surface area contributed by atoms with Crippen LogP contribution in [-0.4, -0.2) is 5.91 Å². The molecule has 3 nitrogen and oxygen atoms in total. The van der Waals surface area contributed by atoms with Gasteiger partial charge in [0.15, 0.2) is 0 Å². The minimum atomic E-state index is -0.648. The first-order valence-electron chi connectivity index (χ1n) is 6.10. The molecule has 0 unspecified atom stereocenters. The third-order valence-electron chi connectivity index (χ3n) is 3.14. The number of hydrogen-bond acceptors (Lipinski definition) is 2. The van der Waals surface area contributed by atoms with Crippen LogP contribution in [-0.2, 0) is 0 Å². The number of nitrogens with zero attached hydrogens (tertiary/aromatic N) is 1. The number of anilines is 1. The van der Waals surface area contributed by atoms with Crippen LogP contribution in [0, 0.1) is 31.0 Å². The zero-order valence-corrected chi connectivity index (χ0v) is 11.2. The molecule has 0 bridgehead atoms. The number of hydrogen-bond donors (Lipinski definition) is 1. The molecule has 0 aromatic heterocycles. The summed E-state index contributed by atoms with van der Waals surface area (Å²) in [5.41, 5.74) is 2.57. The largest absolute Gasteiger partial charge is 0.321 e. The second kappa shape index (κ2) is 5.54. The second-order valence-corrected chi connectivity index (χ2v) is 4.53. The van der Waals surface area contributed by atoms with Gasteiger partial charge in [-0.3, -0.25) is 4.79 Å². The van der Waals surface area contributed by atoms with Crippen molar-refractivity contribution in [1.82, 2.24) is 0 Å².